The van der Waals surface area contributed by atoms with Crippen LogP contribution in [0.15, 0.2) is 0 Å². The van der Waals surface area contributed by atoms with E-state index in [4.69, 9.17) is 0 Å². The van der Waals surface area contributed by atoms with Crippen molar-refractivity contribution >= 4 is 5.91 Å². The molecule has 2 atom stereocenters. The first-order valence-corrected chi connectivity index (χ1v) is 6.88. The van der Waals surface area contributed by atoms with Crippen LogP contribution in [0.1, 0.15) is 46.0 Å². The fourth-order valence-corrected chi connectivity index (χ4v) is 2.46. The van der Waals surface area contributed by atoms with E-state index in [1.807, 2.05) is 18.7 Å². The van der Waals surface area contributed by atoms with E-state index in [9.17, 15) is 18.0 Å². The Labute approximate surface area is 112 Å². The summed E-state index contributed by atoms with van der Waals surface area (Å²) < 4.78 is 36.1. The minimum Gasteiger partial charge on any atom is -0.341 e. The lowest BCUT2D eigenvalue weighted by molar-refractivity contribution is -0.136. The molecule has 0 aromatic rings. The van der Waals surface area contributed by atoms with E-state index in [0.29, 0.717) is 19.4 Å². The highest BCUT2D eigenvalue weighted by Crippen LogP contribution is 2.22. The van der Waals surface area contributed by atoms with Crippen molar-refractivity contribution in [1.29, 1.82) is 0 Å². The van der Waals surface area contributed by atoms with Gasteiger partial charge in [-0.05, 0) is 33.1 Å². The van der Waals surface area contributed by atoms with Gasteiger partial charge in [0.25, 0.3) is 0 Å². The number of alkyl halides is 3. The van der Waals surface area contributed by atoms with E-state index in [2.05, 4.69) is 5.32 Å². The third-order valence-electron chi connectivity index (χ3n) is 3.33. The smallest absolute Gasteiger partial charge is 0.341 e. The minimum absolute atomic E-state index is 0.0371. The van der Waals surface area contributed by atoms with Crippen molar-refractivity contribution in [3.63, 3.8) is 0 Å². The molecule has 1 rings (SSSR count). The summed E-state index contributed by atoms with van der Waals surface area (Å²) in [6, 6.07) is 0.151. The van der Waals surface area contributed by atoms with Crippen molar-refractivity contribution in [2.75, 3.05) is 13.1 Å². The number of hydrogen-bond acceptors (Lipinski definition) is 2. The molecule has 0 aliphatic carbocycles. The maximum atomic E-state index is 12.0. The lowest BCUT2D eigenvalue weighted by Gasteiger charge is -2.25. The molecule has 1 fully saturated rings. The van der Waals surface area contributed by atoms with Gasteiger partial charge in [-0.1, -0.05) is 0 Å². The molecular formula is C13H23F3N2O. The monoisotopic (exact) mass is 280 g/mol. The number of carbonyl (C=O) groups is 1. The predicted molar refractivity (Wildman–Crippen MR) is 67.8 cm³/mol. The molecule has 0 bridgehead atoms. The van der Waals surface area contributed by atoms with Gasteiger partial charge in [0.05, 0.1) is 0 Å². The quantitative estimate of drug-likeness (QED) is 0.777. The van der Waals surface area contributed by atoms with Crippen molar-refractivity contribution < 1.29 is 18.0 Å². The van der Waals surface area contributed by atoms with Gasteiger partial charge in [0, 0.05) is 38.0 Å². The largest absolute Gasteiger partial charge is 0.389 e. The van der Waals surface area contributed by atoms with Gasteiger partial charge in [-0.25, -0.2) is 0 Å². The molecule has 1 saturated heterocycles. The first kappa shape index (κ1) is 16.3. The molecule has 0 saturated carbocycles. The lowest BCUT2D eigenvalue weighted by atomic mass is 10.1. The van der Waals surface area contributed by atoms with Crippen molar-refractivity contribution in [2.24, 2.45) is 0 Å². The summed E-state index contributed by atoms with van der Waals surface area (Å²) in [5, 5.41) is 3.25. The average molecular weight is 280 g/mol. The Hall–Kier alpha value is -0.780. The highest BCUT2D eigenvalue weighted by atomic mass is 19.4. The SMILES string of the molecule is CC(CCCC(F)(F)F)NC(C)CN1CCCC1=O. The van der Waals surface area contributed by atoms with E-state index < -0.39 is 12.6 Å². The van der Waals surface area contributed by atoms with Crippen molar-refractivity contribution in [2.45, 2.75) is 64.2 Å². The highest BCUT2D eigenvalue weighted by Gasteiger charge is 2.26. The Bertz CT molecular complexity index is 294. The molecular weight excluding hydrogens is 257 g/mol. The fourth-order valence-electron chi connectivity index (χ4n) is 2.46. The van der Waals surface area contributed by atoms with Gasteiger partial charge >= 0.3 is 6.18 Å². The third kappa shape index (κ3) is 6.80. The molecule has 6 heteroatoms. The Morgan fingerprint density at radius 2 is 2.00 bits per heavy atom. The molecule has 1 heterocycles. The van der Waals surface area contributed by atoms with Crippen LogP contribution in [0.3, 0.4) is 0 Å². The summed E-state index contributed by atoms with van der Waals surface area (Å²) in [6.45, 7) is 5.29. The number of halogens is 3. The van der Waals surface area contributed by atoms with Gasteiger partial charge in [0.1, 0.15) is 0 Å². The number of amides is 1. The lowest BCUT2D eigenvalue weighted by Crippen LogP contribution is -2.43. The highest BCUT2D eigenvalue weighted by molar-refractivity contribution is 5.78. The summed E-state index contributed by atoms with van der Waals surface area (Å²) in [5.41, 5.74) is 0. The van der Waals surface area contributed by atoms with Crippen LogP contribution in [0.4, 0.5) is 13.2 Å². The van der Waals surface area contributed by atoms with Gasteiger partial charge in [0.15, 0.2) is 0 Å². The molecule has 0 spiro atoms. The maximum absolute atomic E-state index is 12.0. The molecule has 2 unspecified atom stereocenters. The van der Waals surface area contributed by atoms with Gasteiger partial charge in [-0.3, -0.25) is 4.79 Å². The fraction of sp³-hybridized carbons (Fsp3) is 0.923. The average Bonchev–Trinajstić information content (AvgIpc) is 2.62. The number of rotatable bonds is 7. The number of nitrogens with one attached hydrogen (secondary N) is 1. The van der Waals surface area contributed by atoms with Gasteiger partial charge in [0.2, 0.25) is 5.91 Å². The second kappa shape index (κ2) is 7.12. The van der Waals surface area contributed by atoms with Crippen LogP contribution in [0, 0.1) is 0 Å². The molecule has 1 aliphatic heterocycles. The number of nitrogens with zero attached hydrogens (tertiary/aromatic N) is 1. The van der Waals surface area contributed by atoms with E-state index in [0.717, 1.165) is 13.0 Å². The van der Waals surface area contributed by atoms with Crippen LogP contribution in [0.5, 0.6) is 0 Å². The Kier molecular flexibility index (Phi) is 6.10. The predicted octanol–water partition coefficient (Wildman–Crippen LogP) is 2.71. The van der Waals surface area contributed by atoms with Crippen molar-refractivity contribution in [1.82, 2.24) is 10.2 Å². The number of likely N-dealkylation sites (tertiary alicyclic amines) is 1. The zero-order valence-electron chi connectivity index (χ0n) is 11.6. The normalized spacial score (nSPS) is 19.8. The standard InChI is InChI=1S/C13H23F3N2O/c1-10(5-3-7-13(14,15)16)17-11(2)9-18-8-4-6-12(18)19/h10-11,17H,3-9H2,1-2H3. The van der Waals surface area contributed by atoms with Crippen LogP contribution in [0.25, 0.3) is 0 Å². The summed E-state index contributed by atoms with van der Waals surface area (Å²) in [5.74, 6) is 0.179. The van der Waals surface area contributed by atoms with Crippen LogP contribution in [-0.2, 0) is 4.79 Å². The van der Waals surface area contributed by atoms with Gasteiger partial charge < -0.3 is 10.2 Å². The number of carbonyl (C=O) groups excluding carboxylic acids is 1. The Balaban J connectivity index is 2.17. The molecule has 3 nitrogen and oxygen atoms in total. The summed E-state index contributed by atoms with van der Waals surface area (Å²) in [4.78, 5) is 13.3. The van der Waals surface area contributed by atoms with Crippen molar-refractivity contribution in [3.05, 3.63) is 0 Å². The Morgan fingerprint density at radius 1 is 1.32 bits per heavy atom. The van der Waals surface area contributed by atoms with E-state index in [1.165, 1.54) is 0 Å². The molecule has 1 aliphatic rings. The topological polar surface area (TPSA) is 32.3 Å². The molecule has 0 aromatic carbocycles. The Morgan fingerprint density at radius 3 is 2.53 bits per heavy atom. The third-order valence-corrected chi connectivity index (χ3v) is 3.33. The van der Waals surface area contributed by atoms with Gasteiger partial charge in [-0.2, -0.15) is 13.2 Å². The zero-order chi connectivity index (χ0) is 14.5. The van der Waals surface area contributed by atoms with Crippen LogP contribution >= 0.6 is 0 Å². The molecule has 0 aromatic heterocycles. The second-order valence-corrected chi connectivity index (χ2v) is 5.42. The van der Waals surface area contributed by atoms with Crippen LogP contribution in [0.2, 0.25) is 0 Å². The molecule has 1 amide bonds. The first-order valence-electron chi connectivity index (χ1n) is 6.88. The molecule has 0 radical (unpaired) electrons. The van der Waals surface area contributed by atoms with E-state index in [-0.39, 0.29) is 24.4 Å². The first-order chi connectivity index (χ1) is 8.78. The number of hydrogen-bond donors (Lipinski definition) is 1. The van der Waals surface area contributed by atoms with Crippen LogP contribution < -0.4 is 5.32 Å². The summed E-state index contributed by atoms with van der Waals surface area (Å²) >= 11 is 0. The van der Waals surface area contributed by atoms with E-state index in [1.54, 1.807) is 0 Å². The zero-order valence-corrected chi connectivity index (χ0v) is 11.6. The maximum Gasteiger partial charge on any atom is 0.389 e. The molecule has 1 N–H and O–H groups in total. The van der Waals surface area contributed by atoms with Crippen LogP contribution in [-0.4, -0.2) is 42.2 Å². The molecule has 112 valence electrons. The second-order valence-electron chi connectivity index (χ2n) is 5.42. The summed E-state index contributed by atoms with van der Waals surface area (Å²) in [6.07, 6.45) is -2.61. The van der Waals surface area contributed by atoms with Crippen molar-refractivity contribution in [3.8, 4) is 0 Å². The molecule has 19 heavy (non-hydrogen) atoms. The summed E-state index contributed by atoms with van der Waals surface area (Å²) in [7, 11) is 0. The minimum atomic E-state index is -4.06. The van der Waals surface area contributed by atoms with E-state index >= 15 is 0 Å². The van der Waals surface area contributed by atoms with Gasteiger partial charge in [-0.15, -0.1) is 0 Å².